The van der Waals surface area contributed by atoms with Crippen molar-refractivity contribution in [2.75, 3.05) is 11.9 Å². The third-order valence-corrected chi connectivity index (χ3v) is 3.07. The molecule has 116 valence electrons. The molecule has 0 spiro atoms. The van der Waals surface area contributed by atoms with Crippen molar-refractivity contribution in [3.05, 3.63) is 47.2 Å². The summed E-state index contributed by atoms with van der Waals surface area (Å²) in [5, 5.41) is 2.58. The molecule has 1 N–H and O–H groups in total. The minimum Gasteiger partial charge on any atom is -0.450 e. The molecule has 0 radical (unpaired) electrons. The van der Waals surface area contributed by atoms with Crippen molar-refractivity contribution in [3.8, 4) is 11.6 Å². The molecular weight excluding hydrogens is 280 g/mol. The quantitative estimate of drug-likeness (QED) is 0.911. The molecule has 1 heterocycles. The highest BCUT2D eigenvalue weighted by atomic mass is 16.5. The molecule has 0 aliphatic carbocycles. The molecule has 0 bridgehead atoms. The number of nitrogens with one attached hydrogen (secondary N) is 1. The fourth-order valence-corrected chi connectivity index (χ4v) is 2.23. The molecule has 5 nitrogen and oxygen atoms in total. The van der Waals surface area contributed by atoms with Gasteiger partial charge in [-0.15, -0.1) is 0 Å². The second kappa shape index (κ2) is 6.93. The molecule has 0 saturated heterocycles. The largest absolute Gasteiger partial charge is 0.450 e. The second-order valence-corrected chi connectivity index (χ2v) is 5.06. The van der Waals surface area contributed by atoms with Gasteiger partial charge in [0.1, 0.15) is 5.75 Å². The summed E-state index contributed by atoms with van der Waals surface area (Å²) < 4.78 is 10.7. The molecular formula is C17H20N2O3. The number of amides is 1. The van der Waals surface area contributed by atoms with E-state index in [2.05, 4.69) is 29.4 Å². The highest BCUT2D eigenvalue weighted by Crippen LogP contribution is 2.29. The number of carbonyl (C=O) groups excluding carboxylic acids is 1. The Kier molecular flexibility index (Phi) is 4.99. The summed E-state index contributed by atoms with van der Waals surface area (Å²) in [6.07, 6.45) is 1.04. The zero-order chi connectivity index (χ0) is 16.1. The molecule has 5 heteroatoms. The number of rotatable bonds is 4. The smallest absolute Gasteiger partial charge is 0.411 e. The van der Waals surface area contributed by atoms with Crippen LogP contribution in [0.5, 0.6) is 11.6 Å². The second-order valence-electron chi connectivity index (χ2n) is 5.06. The van der Waals surface area contributed by atoms with Crippen LogP contribution in [0, 0.1) is 20.8 Å². The first kappa shape index (κ1) is 15.8. The number of aryl methyl sites for hydroxylation is 3. The number of ether oxygens (including phenoxy) is 2. The lowest BCUT2D eigenvalue weighted by Gasteiger charge is -2.12. The van der Waals surface area contributed by atoms with Gasteiger partial charge in [-0.1, -0.05) is 17.7 Å². The lowest BCUT2D eigenvalue weighted by Crippen LogP contribution is -2.13. The Labute approximate surface area is 130 Å². The van der Waals surface area contributed by atoms with E-state index in [-0.39, 0.29) is 0 Å². The van der Waals surface area contributed by atoms with Gasteiger partial charge in [0.05, 0.1) is 18.5 Å². The molecule has 1 aromatic carbocycles. The molecule has 0 saturated carbocycles. The highest BCUT2D eigenvalue weighted by Gasteiger charge is 2.08. The fraction of sp³-hybridized carbons (Fsp3) is 0.294. The maximum Gasteiger partial charge on any atom is 0.411 e. The van der Waals surface area contributed by atoms with Gasteiger partial charge in [0, 0.05) is 6.07 Å². The molecule has 2 aromatic rings. The first-order chi connectivity index (χ1) is 10.5. The Morgan fingerprint density at radius 2 is 1.86 bits per heavy atom. The van der Waals surface area contributed by atoms with Crippen LogP contribution in [0.2, 0.25) is 0 Å². The van der Waals surface area contributed by atoms with Crippen LogP contribution in [0.3, 0.4) is 0 Å². The lowest BCUT2D eigenvalue weighted by molar-refractivity contribution is 0.168. The fourth-order valence-electron chi connectivity index (χ4n) is 2.23. The van der Waals surface area contributed by atoms with Gasteiger partial charge in [-0.05, 0) is 44.9 Å². The summed E-state index contributed by atoms with van der Waals surface area (Å²) in [5.74, 6) is 1.29. The van der Waals surface area contributed by atoms with Gasteiger partial charge in [0.25, 0.3) is 0 Å². The summed E-state index contributed by atoms with van der Waals surface area (Å²) in [4.78, 5) is 15.5. The minimum atomic E-state index is -0.497. The van der Waals surface area contributed by atoms with E-state index in [4.69, 9.17) is 9.47 Å². The topological polar surface area (TPSA) is 60.5 Å². The molecule has 0 aliphatic rings. The van der Waals surface area contributed by atoms with Crippen molar-refractivity contribution in [1.29, 1.82) is 0 Å². The maximum absolute atomic E-state index is 11.3. The highest BCUT2D eigenvalue weighted by molar-refractivity contribution is 5.84. The van der Waals surface area contributed by atoms with E-state index in [1.807, 2.05) is 13.8 Å². The molecule has 1 aromatic heterocycles. The van der Waals surface area contributed by atoms with Gasteiger partial charge in [0.2, 0.25) is 5.88 Å². The Morgan fingerprint density at radius 1 is 1.18 bits per heavy atom. The van der Waals surface area contributed by atoms with E-state index in [1.54, 1.807) is 19.1 Å². The predicted octanol–water partition coefficient (Wildman–Crippen LogP) is 4.37. The Morgan fingerprint density at radius 3 is 2.41 bits per heavy atom. The van der Waals surface area contributed by atoms with Gasteiger partial charge < -0.3 is 9.47 Å². The molecule has 22 heavy (non-hydrogen) atoms. The predicted molar refractivity (Wildman–Crippen MR) is 85.6 cm³/mol. The molecule has 0 unspecified atom stereocenters. The van der Waals surface area contributed by atoms with Crippen LogP contribution in [-0.2, 0) is 4.74 Å². The zero-order valence-corrected chi connectivity index (χ0v) is 13.3. The number of nitrogens with zero attached hydrogens (tertiary/aromatic N) is 1. The number of aromatic nitrogens is 1. The van der Waals surface area contributed by atoms with E-state index >= 15 is 0 Å². The van der Waals surface area contributed by atoms with Crippen LogP contribution >= 0.6 is 0 Å². The average Bonchev–Trinajstić information content (AvgIpc) is 2.45. The van der Waals surface area contributed by atoms with Crippen LogP contribution in [-0.4, -0.2) is 17.7 Å². The SMILES string of the molecule is CCOC(=O)Nc1ccc(Oc2c(C)cc(C)cc2C)nc1. The Balaban J connectivity index is 2.10. The van der Waals surface area contributed by atoms with Crippen molar-refractivity contribution in [3.63, 3.8) is 0 Å². The Hall–Kier alpha value is -2.56. The molecule has 1 amide bonds. The van der Waals surface area contributed by atoms with Crippen LogP contribution in [0.25, 0.3) is 0 Å². The number of carbonyl (C=O) groups is 1. The third-order valence-electron chi connectivity index (χ3n) is 3.07. The van der Waals surface area contributed by atoms with Gasteiger partial charge in [-0.25, -0.2) is 9.78 Å². The van der Waals surface area contributed by atoms with Crippen molar-refractivity contribution in [2.45, 2.75) is 27.7 Å². The van der Waals surface area contributed by atoms with Crippen molar-refractivity contribution >= 4 is 11.8 Å². The van der Waals surface area contributed by atoms with Gasteiger partial charge in [-0.2, -0.15) is 0 Å². The Bertz CT molecular complexity index is 643. The van der Waals surface area contributed by atoms with E-state index in [0.717, 1.165) is 16.9 Å². The lowest BCUT2D eigenvalue weighted by atomic mass is 10.1. The van der Waals surface area contributed by atoms with Crippen molar-refractivity contribution < 1.29 is 14.3 Å². The summed E-state index contributed by atoms with van der Waals surface area (Å²) in [7, 11) is 0. The number of hydrogen-bond acceptors (Lipinski definition) is 4. The van der Waals surface area contributed by atoms with E-state index in [1.165, 1.54) is 11.8 Å². The van der Waals surface area contributed by atoms with E-state index < -0.39 is 6.09 Å². The first-order valence-corrected chi connectivity index (χ1v) is 7.15. The molecule has 2 rings (SSSR count). The summed E-state index contributed by atoms with van der Waals surface area (Å²) in [5.41, 5.74) is 3.88. The van der Waals surface area contributed by atoms with Gasteiger partial charge in [-0.3, -0.25) is 5.32 Å². The summed E-state index contributed by atoms with van der Waals surface area (Å²) in [6.45, 7) is 8.14. The van der Waals surface area contributed by atoms with Gasteiger partial charge >= 0.3 is 6.09 Å². The monoisotopic (exact) mass is 300 g/mol. The van der Waals surface area contributed by atoms with Gasteiger partial charge in [0.15, 0.2) is 0 Å². The third kappa shape index (κ3) is 3.97. The number of anilines is 1. The first-order valence-electron chi connectivity index (χ1n) is 7.15. The van der Waals surface area contributed by atoms with Crippen LogP contribution in [0.1, 0.15) is 23.6 Å². The summed E-state index contributed by atoms with van der Waals surface area (Å²) >= 11 is 0. The maximum atomic E-state index is 11.3. The summed E-state index contributed by atoms with van der Waals surface area (Å²) in [6, 6.07) is 7.57. The van der Waals surface area contributed by atoms with E-state index in [9.17, 15) is 4.79 Å². The molecule has 0 atom stereocenters. The van der Waals surface area contributed by atoms with E-state index in [0.29, 0.717) is 18.2 Å². The van der Waals surface area contributed by atoms with Crippen molar-refractivity contribution in [2.24, 2.45) is 0 Å². The zero-order valence-electron chi connectivity index (χ0n) is 13.3. The number of hydrogen-bond donors (Lipinski definition) is 1. The van der Waals surface area contributed by atoms with Crippen LogP contribution < -0.4 is 10.1 Å². The van der Waals surface area contributed by atoms with Crippen LogP contribution in [0.15, 0.2) is 30.5 Å². The van der Waals surface area contributed by atoms with Crippen LogP contribution in [0.4, 0.5) is 10.5 Å². The standard InChI is InChI=1S/C17H20N2O3/c1-5-21-17(20)19-14-6-7-15(18-10-14)22-16-12(3)8-11(2)9-13(16)4/h6-10H,5H2,1-4H3,(H,19,20). The normalized spacial score (nSPS) is 10.2. The van der Waals surface area contributed by atoms with Crippen molar-refractivity contribution in [1.82, 2.24) is 4.98 Å². The minimum absolute atomic E-state index is 0.326. The molecule has 0 fully saturated rings. The number of benzene rings is 1. The average molecular weight is 300 g/mol. The molecule has 0 aliphatic heterocycles. The number of pyridine rings is 1.